The second kappa shape index (κ2) is 7.81. The van der Waals surface area contributed by atoms with Crippen LogP contribution in [0.25, 0.3) is 11.0 Å². The third kappa shape index (κ3) is 3.70. The summed E-state index contributed by atoms with van der Waals surface area (Å²) < 4.78 is 1.85. The van der Waals surface area contributed by atoms with Crippen LogP contribution in [0.15, 0.2) is 23.0 Å². The second-order valence-corrected chi connectivity index (χ2v) is 8.16. The number of nitrogens with one attached hydrogen (secondary N) is 1. The van der Waals surface area contributed by atoms with E-state index in [0.717, 1.165) is 44.0 Å². The van der Waals surface area contributed by atoms with E-state index in [1.165, 1.54) is 0 Å². The maximum Gasteiger partial charge on any atom is 0.326 e. The maximum atomic E-state index is 13.0. The first kappa shape index (κ1) is 18.8. The first-order valence-corrected chi connectivity index (χ1v) is 10.3. The molecule has 1 unspecified atom stereocenters. The third-order valence-corrected chi connectivity index (χ3v) is 6.23. The third-order valence-electron chi connectivity index (χ3n) is 6.23. The number of carbonyl (C=O) groups is 2. The van der Waals surface area contributed by atoms with Gasteiger partial charge in [0.2, 0.25) is 0 Å². The number of aliphatic carboxylic acids is 1. The Morgan fingerprint density at radius 1 is 1.14 bits per heavy atom. The van der Waals surface area contributed by atoms with Crippen LogP contribution in [-0.4, -0.2) is 44.5 Å². The predicted octanol–water partition coefficient (Wildman–Crippen LogP) is 3.16. The molecule has 0 spiro atoms. The lowest BCUT2D eigenvalue weighted by Crippen LogP contribution is -2.40. The maximum absolute atomic E-state index is 13.0. The van der Waals surface area contributed by atoms with Crippen LogP contribution in [0, 0.1) is 5.92 Å². The number of imidazole rings is 1. The van der Waals surface area contributed by atoms with E-state index >= 15 is 0 Å². The van der Waals surface area contributed by atoms with Gasteiger partial charge in [-0.3, -0.25) is 14.2 Å². The Bertz CT molecular complexity index is 939. The van der Waals surface area contributed by atoms with Crippen LogP contribution < -0.4 is 5.69 Å². The molecule has 1 aromatic heterocycles. The van der Waals surface area contributed by atoms with Crippen LogP contribution in [-0.2, 0) is 4.79 Å². The lowest BCUT2D eigenvalue weighted by atomic mass is 9.93. The van der Waals surface area contributed by atoms with Gasteiger partial charge in [0, 0.05) is 31.1 Å². The first-order valence-electron chi connectivity index (χ1n) is 10.3. The fraction of sp³-hybridized carbons (Fsp3) is 0.571. The average Bonchev–Trinajstić information content (AvgIpc) is 3.32. The number of aromatic nitrogens is 2. The Morgan fingerprint density at radius 2 is 1.93 bits per heavy atom. The number of H-pyrrole nitrogens is 1. The van der Waals surface area contributed by atoms with Crippen LogP contribution in [0.3, 0.4) is 0 Å². The van der Waals surface area contributed by atoms with Gasteiger partial charge in [-0.25, -0.2) is 4.79 Å². The molecule has 1 aliphatic carbocycles. The molecule has 2 fully saturated rings. The van der Waals surface area contributed by atoms with Crippen molar-refractivity contribution in [1.29, 1.82) is 0 Å². The minimum Gasteiger partial charge on any atom is -0.481 e. The van der Waals surface area contributed by atoms with Crippen molar-refractivity contribution in [1.82, 2.24) is 14.5 Å². The Hall–Kier alpha value is -2.57. The van der Waals surface area contributed by atoms with Crippen molar-refractivity contribution in [3.63, 3.8) is 0 Å². The quantitative estimate of drug-likeness (QED) is 0.826. The number of fused-ring (bicyclic) bond motifs is 1. The van der Waals surface area contributed by atoms with Crippen molar-refractivity contribution < 1.29 is 14.7 Å². The molecule has 2 N–H and O–H groups in total. The molecular weight excluding hydrogens is 358 g/mol. The molecule has 28 heavy (non-hydrogen) atoms. The van der Waals surface area contributed by atoms with E-state index in [1.54, 1.807) is 6.07 Å². The minimum atomic E-state index is -0.787. The molecule has 150 valence electrons. The molecule has 2 aromatic rings. The number of carboxylic acids is 1. The van der Waals surface area contributed by atoms with Gasteiger partial charge in [0.05, 0.1) is 11.0 Å². The normalized spacial score (nSPS) is 20.7. The summed E-state index contributed by atoms with van der Waals surface area (Å²) in [7, 11) is 0. The highest BCUT2D eigenvalue weighted by Gasteiger charge is 2.26. The molecule has 1 amide bonds. The Kier molecular flexibility index (Phi) is 5.24. The number of aromatic amines is 1. The number of hydrogen-bond acceptors (Lipinski definition) is 3. The summed E-state index contributed by atoms with van der Waals surface area (Å²) in [5.74, 6) is -0.596. The standard InChI is InChI=1S/C21H27N3O4/c25-19(26)10-7-14-4-3-11-23(13-14)20(27)15-8-9-18-17(12-15)22-21(28)24(18)16-5-1-2-6-16/h8-9,12,14,16H,1-7,10-11,13H2,(H,22,28)(H,25,26). The van der Waals surface area contributed by atoms with E-state index in [4.69, 9.17) is 5.11 Å². The second-order valence-electron chi connectivity index (χ2n) is 8.16. The number of nitrogens with zero attached hydrogens (tertiary/aromatic N) is 2. The molecule has 1 saturated carbocycles. The summed E-state index contributed by atoms with van der Waals surface area (Å²) in [5.41, 5.74) is 2.05. The predicted molar refractivity (Wildman–Crippen MR) is 106 cm³/mol. The van der Waals surface area contributed by atoms with Gasteiger partial charge in [0.25, 0.3) is 5.91 Å². The Labute approximate surface area is 163 Å². The zero-order valence-electron chi connectivity index (χ0n) is 16.0. The molecular formula is C21H27N3O4. The fourth-order valence-electron chi connectivity index (χ4n) is 4.78. The molecule has 1 saturated heterocycles. The van der Waals surface area contributed by atoms with Crippen molar-refractivity contribution >= 4 is 22.9 Å². The molecule has 1 atom stereocenters. The fourth-order valence-corrected chi connectivity index (χ4v) is 4.78. The van der Waals surface area contributed by atoms with Crippen LogP contribution in [0.5, 0.6) is 0 Å². The van der Waals surface area contributed by atoms with Gasteiger partial charge in [-0.1, -0.05) is 12.8 Å². The van der Waals surface area contributed by atoms with E-state index in [2.05, 4.69) is 4.98 Å². The van der Waals surface area contributed by atoms with E-state index in [1.807, 2.05) is 21.6 Å². The van der Waals surface area contributed by atoms with Gasteiger partial charge >= 0.3 is 11.7 Å². The summed E-state index contributed by atoms with van der Waals surface area (Å²) >= 11 is 0. The van der Waals surface area contributed by atoms with Gasteiger partial charge in [-0.15, -0.1) is 0 Å². The topological polar surface area (TPSA) is 95.4 Å². The summed E-state index contributed by atoms with van der Waals surface area (Å²) in [6, 6.07) is 5.72. The lowest BCUT2D eigenvalue weighted by Gasteiger charge is -2.32. The van der Waals surface area contributed by atoms with Crippen molar-refractivity contribution in [2.24, 2.45) is 5.92 Å². The SMILES string of the molecule is O=C(O)CCC1CCCN(C(=O)c2ccc3c(c2)[nH]c(=O)n3C2CCCC2)C1. The van der Waals surface area contributed by atoms with Gasteiger partial charge in [-0.05, 0) is 56.2 Å². The van der Waals surface area contributed by atoms with Crippen LogP contribution in [0.4, 0.5) is 0 Å². The van der Waals surface area contributed by atoms with Crippen molar-refractivity contribution in [3.8, 4) is 0 Å². The number of carbonyl (C=O) groups excluding carboxylic acids is 1. The molecule has 4 rings (SSSR count). The molecule has 1 aliphatic heterocycles. The van der Waals surface area contributed by atoms with Gasteiger partial charge in [0.15, 0.2) is 0 Å². The van der Waals surface area contributed by atoms with E-state index < -0.39 is 5.97 Å². The highest BCUT2D eigenvalue weighted by Crippen LogP contribution is 2.31. The number of amides is 1. The molecule has 7 nitrogen and oxygen atoms in total. The Balaban J connectivity index is 1.53. The van der Waals surface area contributed by atoms with Gasteiger partial charge in [0.1, 0.15) is 0 Å². The first-order chi connectivity index (χ1) is 13.5. The molecule has 0 radical (unpaired) electrons. The van der Waals surface area contributed by atoms with Crippen LogP contribution in [0.2, 0.25) is 0 Å². The van der Waals surface area contributed by atoms with E-state index in [0.29, 0.717) is 30.6 Å². The highest BCUT2D eigenvalue weighted by molar-refractivity contribution is 5.97. The van der Waals surface area contributed by atoms with E-state index in [-0.39, 0.29) is 30.0 Å². The summed E-state index contributed by atoms with van der Waals surface area (Å²) in [4.78, 5) is 41.0. The van der Waals surface area contributed by atoms with Crippen molar-refractivity contribution in [2.45, 2.75) is 57.4 Å². The number of carboxylic acid groups (broad SMARTS) is 1. The number of benzene rings is 1. The van der Waals surface area contributed by atoms with Crippen molar-refractivity contribution in [2.75, 3.05) is 13.1 Å². The van der Waals surface area contributed by atoms with Gasteiger partial charge in [-0.2, -0.15) is 0 Å². The average molecular weight is 385 g/mol. The smallest absolute Gasteiger partial charge is 0.326 e. The number of likely N-dealkylation sites (tertiary alicyclic amines) is 1. The van der Waals surface area contributed by atoms with E-state index in [9.17, 15) is 14.4 Å². The monoisotopic (exact) mass is 385 g/mol. The number of rotatable bonds is 5. The molecule has 2 aliphatic rings. The largest absolute Gasteiger partial charge is 0.481 e. The summed E-state index contributed by atoms with van der Waals surface area (Å²) in [6.07, 6.45) is 6.97. The number of hydrogen-bond donors (Lipinski definition) is 2. The summed E-state index contributed by atoms with van der Waals surface area (Å²) in [6.45, 7) is 1.30. The zero-order valence-corrected chi connectivity index (χ0v) is 16.0. The Morgan fingerprint density at radius 3 is 2.68 bits per heavy atom. The van der Waals surface area contributed by atoms with Crippen LogP contribution in [0.1, 0.15) is 67.8 Å². The molecule has 7 heteroatoms. The zero-order chi connectivity index (χ0) is 19.7. The molecule has 0 bridgehead atoms. The lowest BCUT2D eigenvalue weighted by molar-refractivity contribution is -0.137. The molecule has 1 aromatic carbocycles. The minimum absolute atomic E-state index is 0.0450. The van der Waals surface area contributed by atoms with Crippen LogP contribution >= 0.6 is 0 Å². The number of piperidine rings is 1. The van der Waals surface area contributed by atoms with Gasteiger partial charge < -0.3 is 15.0 Å². The van der Waals surface area contributed by atoms with Crippen molar-refractivity contribution in [3.05, 3.63) is 34.2 Å². The molecule has 2 heterocycles. The highest BCUT2D eigenvalue weighted by atomic mass is 16.4. The summed E-state index contributed by atoms with van der Waals surface area (Å²) in [5, 5.41) is 8.89.